The van der Waals surface area contributed by atoms with E-state index in [0.29, 0.717) is 6.04 Å². The number of rotatable bonds is 3. The Morgan fingerprint density at radius 1 is 1.42 bits per heavy atom. The van der Waals surface area contributed by atoms with Crippen molar-refractivity contribution < 1.29 is 0 Å². The topological polar surface area (TPSA) is 26.0 Å². The maximum atomic E-state index is 6.12. The summed E-state index contributed by atoms with van der Waals surface area (Å²) in [7, 11) is 0. The van der Waals surface area contributed by atoms with Crippen LogP contribution in [0.1, 0.15) is 52.4 Å². The monoisotopic (exact) mass is 169 g/mol. The highest BCUT2D eigenvalue weighted by molar-refractivity contribution is 4.78. The third-order valence-electron chi connectivity index (χ3n) is 3.20. The highest BCUT2D eigenvalue weighted by Crippen LogP contribution is 2.31. The van der Waals surface area contributed by atoms with Crippen molar-refractivity contribution in [2.45, 2.75) is 58.4 Å². The minimum Gasteiger partial charge on any atom is -0.327 e. The average molecular weight is 169 g/mol. The first-order chi connectivity index (χ1) is 5.74. The van der Waals surface area contributed by atoms with Gasteiger partial charge < -0.3 is 5.73 Å². The van der Waals surface area contributed by atoms with E-state index in [0.717, 1.165) is 11.8 Å². The van der Waals surface area contributed by atoms with Crippen LogP contribution in [0.15, 0.2) is 0 Å². The molecule has 1 heteroatoms. The molecule has 0 heterocycles. The molecule has 12 heavy (non-hydrogen) atoms. The number of hydrogen-bond donors (Lipinski definition) is 1. The lowest BCUT2D eigenvalue weighted by molar-refractivity contribution is 0.239. The molecule has 0 saturated heterocycles. The van der Waals surface area contributed by atoms with E-state index >= 15 is 0 Å². The molecule has 0 aromatic heterocycles. The minimum absolute atomic E-state index is 0.484. The maximum absolute atomic E-state index is 6.12. The van der Waals surface area contributed by atoms with E-state index in [2.05, 4.69) is 13.8 Å². The summed E-state index contributed by atoms with van der Waals surface area (Å²) in [4.78, 5) is 0. The molecule has 1 rings (SSSR count). The SMILES string of the molecule is CCC[C@@H](N)C1CCCC(C)C1. The van der Waals surface area contributed by atoms with Gasteiger partial charge >= 0.3 is 0 Å². The Morgan fingerprint density at radius 2 is 2.17 bits per heavy atom. The largest absolute Gasteiger partial charge is 0.327 e. The van der Waals surface area contributed by atoms with E-state index in [1.54, 1.807) is 0 Å². The van der Waals surface area contributed by atoms with E-state index < -0.39 is 0 Å². The van der Waals surface area contributed by atoms with Crippen molar-refractivity contribution in [1.82, 2.24) is 0 Å². The fraction of sp³-hybridized carbons (Fsp3) is 1.00. The second kappa shape index (κ2) is 4.86. The van der Waals surface area contributed by atoms with Crippen LogP contribution in [-0.2, 0) is 0 Å². The van der Waals surface area contributed by atoms with Crippen LogP contribution in [0.4, 0.5) is 0 Å². The van der Waals surface area contributed by atoms with Gasteiger partial charge in [0.1, 0.15) is 0 Å². The zero-order valence-electron chi connectivity index (χ0n) is 8.55. The van der Waals surface area contributed by atoms with Gasteiger partial charge in [0.15, 0.2) is 0 Å². The van der Waals surface area contributed by atoms with Gasteiger partial charge in [-0.05, 0) is 31.1 Å². The van der Waals surface area contributed by atoms with E-state index in [1.165, 1.54) is 38.5 Å². The summed E-state index contributed by atoms with van der Waals surface area (Å²) in [5, 5.41) is 0. The number of nitrogens with two attached hydrogens (primary N) is 1. The Balaban J connectivity index is 2.29. The zero-order valence-corrected chi connectivity index (χ0v) is 8.55. The first-order valence-corrected chi connectivity index (χ1v) is 5.49. The molecule has 2 unspecified atom stereocenters. The highest BCUT2D eigenvalue weighted by atomic mass is 14.6. The summed E-state index contributed by atoms with van der Waals surface area (Å²) >= 11 is 0. The van der Waals surface area contributed by atoms with Crippen molar-refractivity contribution in [3.05, 3.63) is 0 Å². The van der Waals surface area contributed by atoms with Crippen LogP contribution in [0.5, 0.6) is 0 Å². The van der Waals surface area contributed by atoms with Gasteiger partial charge in [0.05, 0.1) is 0 Å². The smallest absolute Gasteiger partial charge is 0.00671 e. The van der Waals surface area contributed by atoms with Crippen molar-refractivity contribution in [3.63, 3.8) is 0 Å². The van der Waals surface area contributed by atoms with E-state index in [9.17, 15) is 0 Å². The third kappa shape index (κ3) is 2.78. The van der Waals surface area contributed by atoms with E-state index in [1.807, 2.05) is 0 Å². The predicted octanol–water partition coefficient (Wildman–Crippen LogP) is 2.94. The Kier molecular flexibility index (Phi) is 4.07. The third-order valence-corrected chi connectivity index (χ3v) is 3.20. The summed E-state index contributed by atoms with van der Waals surface area (Å²) in [6.45, 7) is 4.59. The van der Waals surface area contributed by atoms with Crippen LogP contribution >= 0.6 is 0 Å². The molecule has 3 atom stereocenters. The molecular formula is C11H23N. The summed E-state index contributed by atoms with van der Waals surface area (Å²) < 4.78 is 0. The van der Waals surface area contributed by atoms with E-state index in [4.69, 9.17) is 5.73 Å². The summed E-state index contributed by atoms with van der Waals surface area (Å²) in [5.74, 6) is 1.75. The van der Waals surface area contributed by atoms with Crippen molar-refractivity contribution in [1.29, 1.82) is 0 Å². The van der Waals surface area contributed by atoms with Gasteiger partial charge in [-0.25, -0.2) is 0 Å². The molecule has 0 aromatic rings. The molecule has 1 aliphatic carbocycles. The quantitative estimate of drug-likeness (QED) is 0.690. The molecule has 0 radical (unpaired) electrons. The van der Waals surface area contributed by atoms with Gasteiger partial charge in [0.25, 0.3) is 0 Å². The van der Waals surface area contributed by atoms with Crippen molar-refractivity contribution in [2.75, 3.05) is 0 Å². The minimum atomic E-state index is 0.484. The van der Waals surface area contributed by atoms with Crippen LogP contribution in [-0.4, -0.2) is 6.04 Å². The molecular weight excluding hydrogens is 146 g/mol. The van der Waals surface area contributed by atoms with Crippen molar-refractivity contribution in [3.8, 4) is 0 Å². The molecule has 0 bridgehead atoms. The molecule has 1 fully saturated rings. The van der Waals surface area contributed by atoms with Crippen LogP contribution in [0.2, 0.25) is 0 Å². The molecule has 72 valence electrons. The average Bonchev–Trinajstić information content (AvgIpc) is 2.05. The van der Waals surface area contributed by atoms with Gasteiger partial charge in [-0.3, -0.25) is 0 Å². The Labute approximate surface area is 76.7 Å². The Bertz CT molecular complexity index is 122. The first-order valence-electron chi connectivity index (χ1n) is 5.49. The maximum Gasteiger partial charge on any atom is 0.00671 e. The molecule has 1 aliphatic rings. The van der Waals surface area contributed by atoms with Gasteiger partial charge in [-0.2, -0.15) is 0 Å². The fourth-order valence-corrected chi connectivity index (χ4v) is 2.44. The van der Waals surface area contributed by atoms with Gasteiger partial charge in [-0.15, -0.1) is 0 Å². The molecule has 2 N–H and O–H groups in total. The van der Waals surface area contributed by atoms with Crippen LogP contribution < -0.4 is 5.73 Å². The first kappa shape index (κ1) is 10.0. The van der Waals surface area contributed by atoms with Crippen LogP contribution in [0.25, 0.3) is 0 Å². The molecule has 0 aromatic carbocycles. The summed E-state index contributed by atoms with van der Waals surface area (Å²) in [6.07, 6.45) is 8.05. The standard InChI is InChI=1S/C11H23N/c1-3-5-11(12)10-7-4-6-9(2)8-10/h9-11H,3-8,12H2,1-2H3/t9?,10?,11-/m1/s1. The van der Waals surface area contributed by atoms with Crippen molar-refractivity contribution >= 4 is 0 Å². The van der Waals surface area contributed by atoms with E-state index in [-0.39, 0.29) is 0 Å². The van der Waals surface area contributed by atoms with Gasteiger partial charge in [-0.1, -0.05) is 33.1 Å². The van der Waals surface area contributed by atoms with Gasteiger partial charge in [0.2, 0.25) is 0 Å². The summed E-state index contributed by atoms with van der Waals surface area (Å²) in [6, 6.07) is 0.484. The Morgan fingerprint density at radius 3 is 2.75 bits per heavy atom. The molecule has 0 amide bonds. The predicted molar refractivity (Wildman–Crippen MR) is 54.0 cm³/mol. The molecule has 0 spiro atoms. The lowest BCUT2D eigenvalue weighted by atomic mass is 9.78. The zero-order chi connectivity index (χ0) is 8.97. The summed E-state index contributed by atoms with van der Waals surface area (Å²) in [5.41, 5.74) is 6.12. The van der Waals surface area contributed by atoms with Crippen molar-refractivity contribution in [2.24, 2.45) is 17.6 Å². The fourth-order valence-electron chi connectivity index (χ4n) is 2.44. The lowest BCUT2D eigenvalue weighted by Gasteiger charge is -2.31. The van der Waals surface area contributed by atoms with Gasteiger partial charge in [0, 0.05) is 6.04 Å². The second-order valence-corrected chi connectivity index (χ2v) is 4.48. The lowest BCUT2D eigenvalue weighted by Crippen LogP contribution is -2.33. The second-order valence-electron chi connectivity index (χ2n) is 4.48. The normalized spacial score (nSPS) is 33.2. The Hall–Kier alpha value is -0.0400. The molecule has 1 nitrogen and oxygen atoms in total. The van der Waals surface area contributed by atoms with Crippen LogP contribution in [0, 0.1) is 11.8 Å². The highest BCUT2D eigenvalue weighted by Gasteiger charge is 2.23. The molecule has 0 aliphatic heterocycles. The number of hydrogen-bond acceptors (Lipinski definition) is 1. The van der Waals surface area contributed by atoms with Crippen LogP contribution in [0.3, 0.4) is 0 Å². The molecule has 1 saturated carbocycles.